The number of benzene rings is 8. The Morgan fingerprint density at radius 1 is 0.469 bits per heavy atom. The van der Waals surface area contributed by atoms with Crippen LogP contribution in [-0.4, -0.2) is 73.6 Å². The molecule has 8 heterocycles. The van der Waals surface area contributed by atoms with Crippen molar-refractivity contribution < 1.29 is 44.1 Å². The minimum absolute atomic E-state index is 0.0193. The van der Waals surface area contributed by atoms with Crippen LogP contribution in [0.25, 0.3) is 42.9 Å². The van der Waals surface area contributed by atoms with Crippen LogP contribution < -0.4 is 21.3 Å². The van der Waals surface area contributed by atoms with E-state index in [1.165, 1.54) is 11.5 Å². The Kier molecular flexibility index (Phi) is 17.5. The Morgan fingerprint density at radius 2 is 0.885 bits per heavy atom. The maximum atomic E-state index is 12.5. The number of carbonyl (C=O) groups is 4. The maximum Gasteiger partial charge on any atom is 0.263 e. The highest BCUT2D eigenvalue weighted by molar-refractivity contribution is 7.13. The lowest BCUT2D eigenvalue weighted by atomic mass is 9.89. The van der Waals surface area contributed by atoms with Crippen molar-refractivity contribution in [1.82, 2.24) is 29.5 Å². The van der Waals surface area contributed by atoms with Crippen molar-refractivity contribution in [2.45, 2.75) is 75.9 Å². The van der Waals surface area contributed by atoms with Crippen LogP contribution in [0.5, 0.6) is 0 Å². The van der Waals surface area contributed by atoms with E-state index in [2.05, 4.69) is 46.1 Å². The standard InChI is InChI=1S/2C17H13Cl2N3O2.C17H12Cl2N2O3.C17H12Cl2N2O2S/c1-9-2-5-13-10(6-9)7-20-22(13)8-17(24)14-11(18)3-4-12(19)15(14)21-16(17)23;1-8-2-3-9-12(6-8)21-22-13(9)7-17(24)14-10(18)4-5-11(19)15(14)20-16(17)23;2*1-8-2-3-9-12(21-24-13(9)6-8)7-17(23)14-10(18)4-5-11(19)15(14)20-16(17)22/h2-7,24H,8H2,1H3,(H,21,23);2-6,24H,7H2,1H3,(H,20,23)(H,21,22);2*2-6,23H,7H2,1H3,(H,20,22). The Labute approximate surface area is 589 Å². The SMILES string of the molecule is Cc1ccc2c(CC3(O)C(=O)Nc4c(Cl)ccc(Cl)c43)[nH]nc2c1.Cc1ccc2c(CC3(O)C(=O)Nc4c(Cl)ccc(Cl)c43)noc2c1.Cc1ccc2c(CC3(O)C(=O)Nc4c(Cl)ccc(Cl)c43)nsc2c1.Cc1ccc2c(cnn2CC2(O)C(=O)Nc3c(Cl)ccc(Cl)c32)c1. The molecule has 28 heteroatoms. The number of hydrogen-bond donors (Lipinski definition) is 9. The highest BCUT2D eigenvalue weighted by Gasteiger charge is 2.52. The smallest absolute Gasteiger partial charge is 0.263 e. The summed E-state index contributed by atoms with van der Waals surface area (Å²) >= 11 is 50.8. The Morgan fingerprint density at radius 3 is 1.42 bits per heavy atom. The normalized spacial score (nSPS) is 19.6. The van der Waals surface area contributed by atoms with E-state index < -0.39 is 46.0 Å². The maximum absolute atomic E-state index is 12.5. The summed E-state index contributed by atoms with van der Waals surface area (Å²) in [6.45, 7) is 7.86. The average molecular weight is 1470 g/mol. The summed E-state index contributed by atoms with van der Waals surface area (Å²) in [5.74, 6) is -2.25. The fourth-order valence-corrected chi connectivity index (χ4v) is 15.3. The van der Waals surface area contributed by atoms with Crippen LogP contribution >= 0.6 is 104 Å². The van der Waals surface area contributed by atoms with Crippen molar-refractivity contribution in [3.8, 4) is 0 Å². The summed E-state index contributed by atoms with van der Waals surface area (Å²) in [4.78, 5) is 49.8. The number of anilines is 4. The van der Waals surface area contributed by atoms with E-state index in [9.17, 15) is 39.6 Å². The average Bonchev–Trinajstić information content (AvgIpc) is 1.59. The van der Waals surface area contributed by atoms with Crippen LogP contribution in [0.15, 0.2) is 132 Å². The number of amides is 4. The van der Waals surface area contributed by atoms with Gasteiger partial charge in [0.05, 0.1) is 82.7 Å². The highest BCUT2D eigenvalue weighted by Crippen LogP contribution is 2.51. The fraction of sp³-hybridized carbons (Fsp3) is 0.176. The van der Waals surface area contributed by atoms with Gasteiger partial charge in [-0.3, -0.25) is 29.0 Å². The summed E-state index contributed by atoms with van der Waals surface area (Å²) in [6, 6.07) is 35.9. The molecule has 16 rings (SSSR count). The van der Waals surface area contributed by atoms with E-state index in [4.69, 9.17) is 97.3 Å². The van der Waals surface area contributed by atoms with Gasteiger partial charge >= 0.3 is 0 Å². The van der Waals surface area contributed by atoms with Gasteiger partial charge in [-0.15, -0.1) is 0 Å². The molecule has 0 saturated carbocycles. The lowest BCUT2D eigenvalue weighted by Crippen LogP contribution is -2.39. The third-order valence-corrected chi connectivity index (χ3v) is 20.5. The second-order valence-electron chi connectivity index (χ2n) is 23.7. The van der Waals surface area contributed by atoms with E-state index in [0.717, 1.165) is 59.5 Å². The number of aromatic nitrogens is 6. The molecule has 12 aromatic rings. The second-order valence-corrected chi connectivity index (χ2v) is 27.8. The van der Waals surface area contributed by atoms with Crippen LogP contribution in [0, 0.1) is 27.7 Å². The van der Waals surface area contributed by atoms with Crippen molar-refractivity contribution in [3.05, 3.63) is 229 Å². The molecule has 9 N–H and O–H groups in total. The Balaban J connectivity index is 0.000000116. The van der Waals surface area contributed by atoms with Gasteiger partial charge < -0.3 is 46.2 Å². The zero-order valence-corrected chi connectivity index (χ0v) is 57.3. The second kappa shape index (κ2) is 25.2. The molecular weight excluding hydrogens is 1420 g/mol. The van der Waals surface area contributed by atoms with Gasteiger partial charge in [-0.25, -0.2) is 0 Å². The molecule has 0 spiro atoms. The summed E-state index contributed by atoms with van der Waals surface area (Å²) in [6.07, 6.45) is 1.70. The first-order valence-corrected chi connectivity index (χ1v) is 33.0. The summed E-state index contributed by atoms with van der Waals surface area (Å²) in [5, 5.41) is 76.3. The summed E-state index contributed by atoms with van der Waals surface area (Å²) in [5.41, 5.74) is 3.67. The molecule has 4 aliphatic heterocycles. The van der Waals surface area contributed by atoms with Gasteiger partial charge in [0.15, 0.2) is 28.0 Å². The van der Waals surface area contributed by atoms with Crippen LogP contribution in [-0.2, 0) is 67.4 Å². The molecule has 4 aliphatic rings. The predicted octanol–water partition coefficient (Wildman–Crippen LogP) is 15.2. The molecule has 4 atom stereocenters. The van der Waals surface area contributed by atoms with Gasteiger partial charge in [0.25, 0.3) is 23.6 Å². The van der Waals surface area contributed by atoms with E-state index >= 15 is 0 Å². The van der Waals surface area contributed by atoms with Crippen LogP contribution in [0.4, 0.5) is 22.7 Å². The van der Waals surface area contributed by atoms with Gasteiger partial charge in [0, 0.05) is 88.8 Å². The topological polar surface area (TPSA) is 283 Å². The molecule has 488 valence electrons. The third kappa shape index (κ3) is 11.6. The molecule has 0 aliphatic carbocycles. The van der Waals surface area contributed by atoms with Crippen molar-refractivity contribution in [1.29, 1.82) is 0 Å². The first kappa shape index (κ1) is 66.7. The lowest BCUT2D eigenvalue weighted by Gasteiger charge is -2.22. The molecule has 4 unspecified atom stereocenters. The number of aromatic amines is 1. The van der Waals surface area contributed by atoms with E-state index in [-0.39, 0.29) is 52.0 Å². The number of carbonyl (C=O) groups excluding carboxylic acids is 4. The number of rotatable bonds is 8. The molecule has 0 saturated heterocycles. The molecule has 0 radical (unpaired) electrons. The monoisotopic (exact) mass is 1460 g/mol. The zero-order chi connectivity index (χ0) is 68.2. The number of nitrogens with zero attached hydrogens (tertiary/aromatic N) is 5. The number of aryl methyl sites for hydroxylation is 4. The van der Waals surface area contributed by atoms with Gasteiger partial charge in [0.1, 0.15) is 0 Å². The van der Waals surface area contributed by atoms with Crippen LogP contribution in [0.3, 0.4) is 0 Å². The molecule has 0 fully saturated rings. The number of halogens is 8. The molecular formula is C68H50Cl8N10O9S. The molecule has 8 aromatic carbocycles. The van der Waals surface area contributed by atoms with Crippen molar-refractivity contribution in [3.63, 3.8) is 0 Å². The number of fused-ring (bicyclic) bond motifs is 8. The number of H-pyrrole nitrogens is 1. The van der Waals surface area contributed by atoms with Gasteiger partial charge in [-0.1, -0.05) is 140 Å². The predicted molar refractivity (Wildman–Crippen MR) is 375 cm³/mol. The molecule has 19 nitrogen and oxygen atoms in total. The van der Waals surface area contributed by atoms with Gasteiger partial charge in [-0.05, 0) is 141 Å². The summed E-state index contributed by atoms with van der Waals surface area (Å²) in [7, 11) is 0. The number of aliphatic hydroxyl groups is 4. The van der Waals surface area contributed by atoms with E-state index in [1.54, 1.807) is 59.4 Å². The van der Waals surface area contributed by atoms with Crippen molar-refractivity contribution in [2.24, 2.45) is 0 Å². The van der Waals surface area contributed by atoms with Gasteiger partial charge in [0.2, 0.25) is 0 Å². The highest BCUT2D eigenvalue weighted by atomic mass is 35.5. The van der Waals surface area contributed by atoms with Crippen molar-refractivity contribution >= 4 is 194 Å². The Hall–Kier alpha value is -7.90. The zero-order valence-electron chi connectivity index (χ0n) is 50.5. The van der Waals surface area contributed by atoms with Gasteiger partial charge in [-0.2, -0.15) is 14.6 Å². The fourth-order valence-electron chi connectivity index (χ4n) is 12.3. The molecule has 96 heavy (non-hydrogen) atoms. The third-order valence-electron chi connectivity index (χ3n) is 17.2. The first-order chi connectivity index (χ1) is 45.6. The first-order valence-electron chi connectivity index (χ1n) is 29.2. The quantitative estimate of drug-likeness (QED) is 0.0685. The van der Waals surface area contributed by atoms with Crippen LogP contribution in [0.1, 0.15) is 61.6 Å². The minimum atomic E-state index is -1.86. The summed E-state index contributed by atoms with van der Waals surface area (Å²) < 4.78 is 12.4. The van der Waals surface area contributed by atoms with E-state index in [0.29, 0.717) is 81.7 Å². The molecule has 0 bridgehead atoms. The minimum Gasteiger partial charge on any atom is -0.375 e. The number of hydrogen-bond acceptors (Lipinski definition) is 14. The van der Waals surface area contributed by atoms with E-state index in [1.807, 2.05) is 100 Å². The molecule has 4 aromatic heterocycles. The Bertz CT molecular complexity index is 4650. The largest absolute Gasteiger partial charge is 0.375 e. The molecule has 4 amide bonds. The lowest BCUT2D eigenvalue weighted by molar-refractivity contribution is -0.135. The van der Waals surface area contributed by atoms with Crippen LogP contribution in [0.2, 0.25) is 40.2 Å². The van der Waals surface area contributed by atoms with Crippen molar-refractivity contribution in [2.75, 3.05) is 21.3 Å². The number of nitrogens with one attached hydrogen (secondary N) is 5.